The molecule has 0 radical (unpaired) electrons. The Balaban J connectivity index is 1.61. The summed E-state index contributed by atoms with van der Waals surface area (Å²) in [6.45, 7) is 2.80. The van der Waals surface area contributed by atoms with Crippen LogP contribution in [0.5, 0.6) is 0 Å². The Labute approximate surface area is 184 Å². The average molecular weight is 499 g/mol. The number of rotatable bonds is 5. The Kier molecular flexibility index (Phi) is 7.73. The smallest absolute Gasteiger partial charge is 0.253 e. The number of carbonyl (C=O) groups excluding carboxylic acids is 1. The molecule has 3 atom stereocenters. The quantitative estimate of drug-likeness (QED) is 0.451. The number of piperidine rings is 2. The van der Waals surface area contributed by atoms with Crippen molar-refractivity contribution < 1.29 is 9.53 Å². The number of carbonyl (C=O) groups is 1. The van der Waals surface area contributed by atoms with Crippen LogP contribution in [0.1, 0.15) is 42.5 Å². The van der Waals surface area contributed by atoms with Crippen LogP contribution in [0.2, 0.25) is 0 Å². The first-order valence-electron chi connectivity index (χ1n) is 9.33. The van der Waals surface area contributed by atoms with Gasteiger partial charge in [-0.1, -0.05) is 57.2 Å². The number of hydrogen-bond donors (Lipinski definition) is 1. The fourth-order valence-corrected chi connectivity index (χ4v) is 4.63. The highest BCUT2D eigenvalue weighted by molar-refractivity contribution is 9.10. The van der Waals surface area contributed by atoms with Crippen molar-refractivity contribution in [3.05, 3.63) is 34.3 Å². The van der Waals surface area contributed by atoms with Gasteiger partial charge in [0.25, 0.3) is 5.91 Å². The average Bonchev–Trinajstić information content (AvgIpc) is 2.64. The summed E-state index contributed by atoms with van der Waals surface area (Å²) in [5.74, 6) is 0.0697. The van der Waals surface area contributed by atoms with E-state index in [0.29, 0.717) is 24.1 Å². The molecule has 3 rings (SSSR count). The van der Waals surface area contributed by atoms with E-state index in [9.17, 15) is 4.79 Å². The van der Waals surface area contributed by atoms with Crippen molar-refractivity contribution in [2.75, 3.05) is 19.7 Å². The van der Waals surface area contributed by atoms with E-state index >= 15 is 0 Å². The van der Waals surface area contributed by atoms with Gasteiger partial charge in [0.05, 0.1) is 6.61 Å². The van der Waals surface area contributed by atoms with Crippen molar-refractivity contribution in [3.63, 3.8) is 0 Å². The van der Waals surface area contributed by atoms with Crippen molar-refractivity contribution in [2.24, 2.45) is 5.92 Å². The van der Waals surface area contributed by atoms with Gasteiger partial charge in [-0.25, -0.2) is 0 Å². The molecule has 2 fully saturated rings. The van der Waals surface area contributed by atoms with Gasteiger partial charge in [0, 0.05) is 16.1 Å². The van der Waals surface area contributed by atoms with Crippen LogP contribution in [0.15, 0.2) is 28.7 Å². The zero-order valence-electron chi connectivity index (χ0n) is 15.0. The lowest BCUT2D eigenvalue weighted by atomic mass is 9.84. The number of benzene rings is 1. The van der Waals surface area contributed by atoms with Gasteiger partial charge in [0.2, 0.25) is 3.79 Å². The standard InChI is InChI=1S/C19H24BrCl3N2O2/c20-15-8-6-13(7-9-15)17(26)24-18(19(21,22)23)27-12-14-4-3-11-25-10-2-1-5-16(14)25/h6-9,14,16,18H,1-5,10-12H2,(H,24,26)/t14?,16-,18?/m1/s1. The molecule has 1 aromatic carbocycles. The highest BCUT2D eigenvalue weighted by Crippen LogP contribution is 2.34. The third-order valence-corrected chi connectivity index (χ3v) is 6.49. The summed E-state index contributed by atoms with van der Waals surface area (Å²) in [5, 5.41) is 2.72. The Morgan fingerprint density at radius 2 is 1.89 bits per heavy atom. The van der Waals surface area contributed by atoms with E-state index in [0.717, 1.165) is 30.4 Å². The molecule has 0 aromatic heterocycles. The first-order valence-corrected chi connectivity index (χ1v) is 11.3. The van der Waals surface area contributed by atoms with Crippen molar-refractivity contribution >= 4 is 56.6 Å². The summed E-state index contributed by atoms with van der Waals surface area (Å²) in [6.07, 6.45) is 4.98. The van der Waals surface area contributed by atoms with Gasteiger partial charge in [0.1, 0.15) is 0 Å². The maximum absolute atomic E-state index is 12.5. The number of ether oxygens (including phenoxy) is 1. The van der Waals surface area contributed by atoms with E-state index < -0.39 is 10.0 Å². The van der Waals surface area contributed by atoms with Crippen LogP contribution >= 0.6 is 50.7 Å². The molecule has 1 amide bonds. The molecule has 2 heterocycles. The highest BCUT2D eigenvalue weighted by Gasteiger charge is 2.38. The fourth-order valence-electron chi connectivity index (χ4n) is 4.01. The Morgan fingerprint density at radius 1 is 1.19 bits per heavy atom. The van der Waals surface area contributed by atoms with Crippen LogP contribution in [0, 0.1) is 5.92 Å². The molecule has 0 aliphatic carbocycles. The van der Waals surface area contributed by atoms with Crippen LogP contribution in [-0.2, 0) is 4.74 Å². The molecule has 2 aliphatic rings. The Hall–Kier alpha value is -0.0400. The van der Waals surface area contributed by atoms with Gasteiger partial charge >= 0.3 is 0 Å². The lowest BCUT2D eigenvalue weighted by Crippen LogP contribution is -2.51. The summed E-state index contributed by atoms with van der Waals surface area (Å²) < 4.78 is 5.09. The maximum Gasteiger partial charge on any atom is 0.253 e. The van der Waals surface area contributed by atoms with E-state index in [1.807, 2.05) is 0 Å². The number of nitrogens with one attached hydrogen (secondary N) is 1. The number of hydrogen-bond acceptors (Lipinski definition) is 3. The second-order valence-electron chi connectivity index (χ2n) is 7.24. The van der Waals surface area contributed by atoms with Gasteiger partial charge in [-0.3, -0.25) is 4.79 Å². The first kappa shape index (κ1) is 21.7. The summed E-state index contributed by atoms with van der Waals surface area (Å²) in [6, 6.07) is 7.52. The minimum absolute atomic E-state index is 0.332. The maximum atomic E-state index is 12.5. The van der Waals surface area contributed by atoms with E-state index in [4.69, 9.17) is 39.5 Å². The summed E-state index contributed by atoms with van der Waals surface area (Å²) in [5.41, 5.74) is 0.483. The zero-order chi connectivity index (χ0) is 19.4. The third-order valence-electron chi connectivity index (χ3n) is 5.37. The first-order chi connectivity index (χ1) is 12.8. The number of alkyl halides is 3. The minimum atomic E-state index is -1.74. The van der Waals surface area contributed by atoms with Crippen molar-refractivity contribution in [1.82, 2.24) is 10.2 Å². The van der Waals surface area contributed by atoms with Crippen LogP contribution < -0.4 is 5.32 Å². The molecular weight excluding hydrogens is 474 g/mol. The van der Waals surface area contributed by atoms with Crippen LogP contribution in [0.3, 0.4) is 0 Å². The van der Waals surface area contributed by atoms with Crippen molar-refractivity contribution in [1.29, 1.82) is 0 Å². The van der Waals surface area contributed by atoms with E-state index in [1.54, 1.807) is 24.3 Å². The van der Waals surface area contributed by atoms with Crippen molar-refractivity contribution in [3.8, 4) is 0 Å². The molecular formula is C19H24BrCl3N2O2. The predicted molar refractivity (Wildman–Crippen MR) is 114 cm³/mol. The largest absolute Gasteiger partial charge is 0.354 e. The lowest BCUT2D eigenvalue weighted by Gasteiger charge is -2.44. The summed E-state index contributed by atoms with van der Waals surface area (Å²) >= 11 is 21.6. The minimum Gasteiger partial charge on any atom is -0.354 e. The molecule has 0 saturated carbocycles. The molecule has 27 heavy (non-hydrogen) atoms. The molecule has 150 valence electrons. The van der Waals surface area contributed by atoms with Gasteiger partial charge in [-0.15, -0.1) is 0 Å². The number of amides is 1. The van der Waals surface area contributed by atoms with Crippen molar-refractivity contribution in [2.45, 2.75) is 48.2 Å². The SMILES string of the molecule is O=C(NC(OCC1CCCN2CCCC[C@H]12)C(Cl)(Cl)Cl)c1ccc(Br)cc1. The molecule has 1 N–H and O–H groups in total. The molecule has 2 aliphatic heterocycles. The monoisotopic (exact) mass is 496 g/mol. The Bertz CT molecular complexity index is 637. The molecule has 0 spiro atoms. The number of fused-ring (bicyclic) bond motifs is 1. The van der Waals surface area contributed by atoms with E-state index in [1.165, 1.54) is 19.3 Å². The molecule has 2 unspecified atom stereocenters. The number of halogens is 4. The number of nitrogens with zero attached hydrogens (tertiary/aromatic N) is 1. The van der Waals surface area contributed by atoms with Crippen LogP contribution in [-0.4, -0.2) is 46.6 Å². The molecule has 4 nitrogen and oxygen atoms in total. The lowest BCUT2D eigenvalue weighted by molar-refractivity contribution is -0.0325. The second-order valence-corrected chi connectivity index (χ2v) is 10.5. The van der Waals surface area contributed by atoms with E-state index in [2.05, 4.69) is 26.1 Å². The van der Waals surface area contributed by atoms with Gasteiger partial charge in [0.15, 0.2) is 6.23 Å². The molecule has 2 saturated heterocycles. The Morgan fingerprint density at radius 3 is 2.59 bits per heavy atom. The third kappa shape index (κ3) is 5.97. The van der Waals surface area contributed by atoms with Crippen LogP contribution in [0.4, 0.5) is 0 Å². The van der Waals surface area contributed by atoms with Gasteiger partial charge < -0.3 is 15.0 Å². The highest BCUT2D eigenvalue weighted by atomic mass is 79.9. The second kappa shape index (κ2) is 9.64. The summed E-state index contributed by atoms with van der Waals surface area (Å²) in [4.78, 5) is 15.1. The predicted octanol–water partition coefficient (Wildman–Crippen LogP) is 5.16. The van der Waals surface area contributed by atoms with E-state index in [-0.39, 0.29) is 5.91 Å². The molecule has 1 aromatic rings. The van der Waals surface area contributed by atoms with Gasteiger partial charge in [-0.05, 0) is 69.0 Å². The summed E-state index contributed by atoms with van der Waals surface area (Å²) in [7, 11) is 0. The normalized spacial score (nSPS) is 24.9. The zero-order valence-corrected chi connectivity index (χ0v) is 18.8. The molecule has 8 heteroatoms. The van der Waals surface area contributed by atoms with Gasteiger partial charge in [-0.2, -0.15) is 0 Å². The van der Waals surface area contributed by atoms with Crippen LogP contribution in [0.25, 0.3) is 0 Å². The molecule has 0 bridgehead atoms. The topological polar surface area (TPSA) is 41.6 Å². The fraction of sp³-hybridized carbons (Fsp3) is 0.632.